The van der Waals surface area contributed by atoms with Crippen LogP contribution in [0.5, 0.6) is 0 Å². The molecule has 0 aromatic carbocycles. The molecule has 1 N–H and O–H groups in total. The molecule has 8 nitrogen and oxygen atoms in total. The average molecular weight is 488 g/mol. The standard InChI is InChI=1S/C23H29N5O3S2/c1-13-8-14(2)28(27-13)22-25-20(32-12-18(29)24-10-15-6-5-7-30-15)19-16-9-23(3,4)31-11-17(16)33-21(19)26-22/h8,15H,5-7,9-12H2,1-4H3,(H,24,29). The lowest BCUT2D eigenvalue weighted by Gasteiger charge is -2.30. The monoisotopic (exact) mass is 487 g/mol. The molecule has 3 aromatic heterocycles. The number of carbonyl (C=O) groups is 1. The van der Waals surface area contributed by atoms with Gasteiger partial charge in [-0.15, -0.1) is 11.3 Å². The molecular weight excluding hydrogens is 458 g/mol. The molecule has 1 atom stereocenters. The van der Waals surface area contributed by atoms with E-state index in [0.717, 1.165) is 52.5 Å². The van der Waals surface area contributed by atoms with Gasteiger partial charge in [0.15, 0.2) is 0 Å². The van der Waals surface area contributed by atoms with Crippen LogP contribution >= 0.6 is 23.1 Å². The van der Waals surface area contributed by atoms with Crippen LogP contribution in [0.25, 0.3) is 16.2 Å². The maximum absolute atomic E-state index is 12.6. The van der Waals surface area contributed by atoms with Crippen molar-refractivity contribution in [2.24, 2.45) is 0 Å². The van der Waals surface area contributed by atoms with Gasteiger partial charge in [-0.3, -0.25) is 4.79 Å². The molecule has 2 aliphatic rings. The van der Waals surface area contributed by atoms with Crippen molar-refractivity contribution in [1.82, 2.24) is 25.1 Å². The second kappa shape index (κ2) is 8.98. The molecule has 0 bridgehead atoms. The van der Waals surface area contributed by atoms with Crippen molar-refractivity contribution in [2.75, 3.05) is 18.9 Å². The zero-order chi connectivity index (χ0) is 23.2. The number of nitrogens with zero attached hydrogens (tertiary/aromatic N) is 4. The van der Waals surface area contributed by atoms with Crippen LogP contribution in [0.4, 0.5) is 0 Å². The first-order chi connectivity index (χ1) is 15.8. The van der Waals surface area contributed by atoms with Crippen molar-refractivity contribution in [3.8, 4) is 5.95 Å². The molecule has 5 rings (SSSR count). The van der Waals surface area contributed by atoms with Crippen LogP contribution in [0.2, 0.25) is 0 Å². The van der Waals surface area contributed by atoms with Gasteiger partial charge in [-0.2, -0.15) is 10.1 Å². The summed E-state index contributed by atoms with van der Waals surface area (Å²) < 4.78 is 13.4. The van der Waals surface area contributed by atoms with Crippen LogP contribution in [-0.2, 0) is 27.3 Å². The summed E-state index contributed by atoms with van der Waals surface area (Å²) in [4.78, 5) is 24.5. The minimum Gasteiger partial charge on any atom is -0.376 e. The maximum atomic E-state index is 12.6. The first-order valence-corrected chi connectivity index (χ1v) is 13.1. The van der Waals surface area contributed by atoms with Crippen molar-refractivity contribution >= 4 is 39.2 Å². The zero-order valence-corrected chi connectivity index (χ0v) is 21.1. The fourth-order valence-corrected chi connectivity index (χ4v) is 6.39. The highest BCUT2D eigenvalue weighted by atomic mass is 32.2. The van der Waals surface area contributed by atoms with Crippen LogP contribution in [0.1, 0.15) is 48.5 Å². The molecule has 176 valence electrons. The fraction of sp³-hybridized carbons (Fsp3) is 0.565. The number of nitrogens with one attached hydrogen (secondary N) is 1. The fourth-order valence-electron chi connectivity index (χ4n) is 4.35. The SMILES string of the molecule is Cc1cc(C)n(-c2nc(SCC(=O)NCC3CCCO3)c3c4c(sc3n2)COC(C)(C)C4)n1. The van der Waals surface area contributed by atoms with Gasteiger partial charge in [0.05, 0.1) is 29.8 Å². The van der Waals surface area contributed by atoms with E-state index in [2.05, 4.69) is 24.3 Å². The van der Waals surface area contributed by atoms with Crippen LogP contribution in [0.15, 0.2) is 11.1 Å². The highest BCUT2D eigenvalue weighted by Crippen LogP contribution is 2.42. The number of amides is 1. The number of hydrogen-bond acceptors (Lipinski definition) is 8. The van der Waals surface area contributed by atoms with Gasteiger partial charge in [0.25, 0.3) is 5.95 Å². The number of hydrogen-bond donors (Lipinski definition) is 1. The summed E-state index contributed by atoms with van der Waals surface area (Å²) in [6, 6.07) is 2.01. The number of ether oxygens (including phenoxy) is 2. The molecule has 1 saturated heterocycles. The second-order valence-corrected chi connectivity index (χ2v) is 11.4. The van der Waals surface area contributed by atoms with Gasteiger partial charge in [0.2, 0.25) is 5.91 Å². The number of rotatable bonds is 6. The lowest BCUT2D eigenvalue weighted by Crippen LogP contribution is -2.33. The summed E-state index contributed by atoms with van der Waals surface area (Å²) in [7, 11) is 0. The normalized spacial score (nSPS) is 19.7. The summed E-state index contributed by atoms with van der Waals surface area (Å²) in [5, 5.41) is 9.45. The molecule has 5 heterocycles. The van der Waals surface area contributed by atoms with Crippen LogP contribution in [0.3, 0.4) is 0 Å². The molecule has 0 radical (unpaired) electrons. The van der Waals surface area contributed by atoms with Gasteiger partial charge in [0, 0.05) is 35.5 Å². The zero-order valence-electron chi connectivity index (χ0n) is 19.4. The summed E-state index contributed by atoms with van der Waals surface area (Å²) in [5.41, 5.74) is 2.89. The summed E-state index contributed by atoms with van der Waals surface area (Å²) in [5.74, 6) is 0.816. The Balaban J connectivity index is 1.47. The van der Waals surface area contributed by atoms with E-state index in [9.17, 15) is 4.79 Å². The molecule has 0 spiro atoms. The first-order valence-electron chi connectivity index (χ1n) is 11.3. The Labute approximate surface area is 201 Å². The predicted octanol–water partition coefficient (Wildman–Crippen LogP) is 3.73. The summed E-state index contributed by atoms with van der Waals surface area (Å²) in [6.45, 7) is 10.1. The third-order valence-corrected chi connectivity index (χ3v) is 8.05. The molecule has 1 fully saturated rings. The van der Waals surface area contributed by atoms with Crippen molar-refractivity contribution in [3.63, 3.8) is 0 Å². The van der Waals surface area contributed by atoms with Crippen LogP contribution in [0, 0.1) is 13.8 Å². The van der Waals surface area contributed by atoms with E-state index in [1.165, 1.54) is 22.2 Å². The average Bonchev–Trinajstić information content (AvgIpc) is 3.48. The number of thiophene rings is 1. The molecular formula is C23H29N5O3S2. The van der Waals surface area contributed by atoms with E-state index in [4.69, 9.17) is 19.4 Å². The van der Waals surface area contributed by atoms with Crippen molar-refractivity contribution in [2.45, 2.75) is 70.3 Å². The number of aromatic nitrogens is 4. The molecule has 33 heavy (non-hydrogen) atoms. The number of fused-ring (bicyclic) bond motifs is 3. The van der Waals surface area contributed by atoms with Gasteiger partial charge < -0.3 is 14.8 Å². The van der Waals surface area contributed by atoms with Gasteiger partial charge in [-0.1, -0.05) is 11.8 Å². The molecule has 1 amide bonds. The Morgan fingerprint density at radius 1 is 1.36 bits per heavy atom. The minimum atomic E-state index is -0.240. The Hall–Kier alpha value is -2.01. The summed E-state index contributed by atoms with van der Waals surface area (Å²) >= 11 is 3.11. The van der Waals surface area contributed by atoms with E-state index in [-0.39, 0.29) is 17.6 Å². The van der Waals surface area contributed by atoms with E-state index in [1.54, 1.807) is 16.0 Å². The highest BCUT2D eigenvalue weighted by Gasteiger charge is 2.31. The van der Waals surface area contributed by atoms with Crippen LogP contribution < -0.4 is 5.32 Å². The minimum absolute atomic E-state index is 0.0114. The quantitative estimate of drug-likeness (QED) is 0.418. The Kier molecular flexibility index (Phi) is 6.19. The van der Waals surface area contributed by atoms with Crippen molar-refractivity contribution in [1.29, 1.82) is 0 Å². The second-order valence-electron chi connectivity index (χ2n) is 9.30. The third-order valence-electron chi connectivity index (χ3n) is 5.98. The largest absolute Gasteiger partial charge is 0.376 e. The number of aryl methyl sites for hydroxylation is 2. The van der Waals surface area contributed by atoms with Crippen molar-refractivity contribution in [3.05, 3.63) is 27.9 Å². The Morgan fingerprint density at radius 2 is 2.21 bits per heavy atom. The molecule has 2 aliphatic heterocycles. The van der Waals surface area contributed by atoms with Gasteiger partial charge in [-0.05, 0) is 52.2 Å². The summed E-state index contributed by atoms with van der Waals surface area (Å²) in [6.07, 6.45) is 3.00. The molecule has 0 saturated carbocycles. The topological polar surface area (TPSA) is 91.2 Å². The Morgan fingerprint density at radius 3 is 2.94 bits per heavy atom. The number of thioether (sulfide) groups is 1. The lowest BCUT2D eigenvalue weighted by atomic mass is 9.95. The third kappa shape index (κ3) is 4.80. The van der Waals surface area contributed by atoms with Gasteiger partial charge in [-0.25, -0.2) is 9.67 Å². The van der Waals surface area contributed by atoms with Crippen molar-refractivity contribution < 1.29 is 14.3 Å². The maximum Gasteiger partial charge on any atom is 0.253 e. The van der Waals surface area contributed by atoms with E-state index < -0.39 is 0 Å². The van der Waals surface area contributed by atoms with E-state index >= 15 is 0 Å². The van der Waals surface area contributed by atoms with Gasteiger partial charge >= 0.3 is 0 Å². The predicted molar refractivity (Wildman–Crippen MR) is 129 cm³/mol. The van der Waals surface area contributed by atoms with Crippen LogP contribution in [-0.4, -0.2) is 56.3 Å². The smallest absolute Gasteiger partial charge is 0.253 e. The van der Waals surface area contributed by atoms with Gasteiger partial charge in [0.1, 0.15) is 9.86 Å². The molecule has 1 unspecified atom stereocenters. The highest BCUT2D eigenvalue weighted by molar-refractivity contribution is 8.00. The Bertz CT molecular complexity index is 1200. The van der Waals surface area contributed by atoms with E-state index in [0.29, 0.717) is 24.9 Å². The molecule has 10 heteroatoms. The van der Waals surface area contributed by atoms with E-state index in [1.807, 2.05) is 19.9 Å². The molecule has 3 aromatic rings. The molecule has 0 aliphatic carbocycles. The number of carbonyl (C=O) groups excluding carboxylic acids is 1. The first kappa shape index (κ1) is 22.8. The lowest BCUT2D eigenvalue weighted by molar-refractivity contribution is -0.119.